The van der Waals surface area contributed by atoms with Gasteiger partial charge in [0.25, 0.3) is 0 Å². The zero-order chi connectivity index (χ0) is 62.5. The van der Waals surface area contributed by atoms with Gasteiger partial charge in [-0.2, -0.15) is 0 Å². The number of cyclic esters (lactones) is 1. The van der Waals surface area contributed by atoms with Crippen molar-refractivity contribution in [2.24, 2.45) is 34.7 Å². The molecule has 6 unspecified atom stereocenters. The Balaban J connectivity index is 0.000000676. The Bertz CT molecular complexity index is 2240. The van der Waals surface area contributed by atoms with Crippen molar-refractivity contribution in [3.8, 4) is 0 Å². The van der Waals surface area contributed by atoms with E-state index in [1.165, 1.54) is 20.2 Å². The number of hydrogen-bond donors (Lipinski definition) is 9. The highest BCUT2D eigenvalue weighted by molar-refractivity contribution is 5.94. The Morgan fingerprint density at radius 2 is 1.57 bits per heavy atom. The number of carboxylic acid groups (broad SMARTS) is 1. The molecule has 5 heterocycles. The molecule has 0 saturated carbocycles. The van der Waals surface area contributed by atoms with Crippen LogP contribution in [0.5, 0.6) is 0 Å². The number of methoxy groups -OCH3 is 2. The van der Waals surface area contributed by atoms with Gasteiger partial charge in [-0.3, -0.25) is 14.4 Å². The summed E-state index contributed by atoms with van der Waals surface area (Å²) >= 11 is 0. The fraction of sp³-hybridized carbons (Fsp3) is 0.776. The van der Waals surface area contributed by atoms with Gasteiger partial charge in [0.05, 0.1) is 66.5 Å². The summed E-state index contributed by atoms with van der Waals surface area (Å²) in [5.41, 5.74) is -0.662. The third-order valence-corrected chi connectivity index (χ3v) is 14.2. The number of aromatic nitrogens is 1. The summed E-state index contributed by atoms with van der Waals surface area (Å²) in [6, 6.07) is 3.76. The number of aliphatic hydroxyl groups is 6. The van der Waals surface area contributed by atoms with Gasteiger partial charge in [0.15, 0.2) is 12.6 Å². The summed E-state index contributed by atoms with van der Waals surface area (Å²) in [4.78, 5) is 52.5. The summed E-state index contributed by atoms with van der Waals surface area (Å²) in [7, 11) is 7.88. The molecule has 4 aliphatic rings. The number of aryl methyl sites for hydroxylation is 1. The summed E-state index contributed by atoms with van der Waals surface area (Å²) in [6.07, 6.45) is 1.72. The number of nitrogens with one attached hydrogen (secondary N) is 2. The molecule has 0 radical (unpaired) electrons. The lowest BCUT2D eigenvalue weighted by Gasteiger charge is -2.42. The van der Waals surface area contributed by atoms with Crippen LogP contribution in [0.2, 0.25) is 0 Å². The van der Waals surface area contributed by atoms with E-state index in [9.17, 15) is 39.6 Å². The van der Waals surface area contributed by atoms with Gasteiger partial charge in [-0.25, -0.2) is 4.79 Å². The first-order chi connectivity index (χ1) is 38.8. The highest BCUT2D eigenvalue weighted by Gasteiger charge is 2.45. The predicted molar refractivity (Wildman–Crippen MR) is 308 cm³/mol. The Hall–Kier alpha value is -4.25. The number of aromatic carboxylic acids is 1. The largest absolute Gasteiger partial charge is 0.477 e. The number of carbonyl (C=O) groups is 3. The van der Waals surface area contributed by atoms with E-state index in [1.54, 1.807) is 38.5 Å². The van der Waals surface area contributed by atoms with Crippen LogP contribution in [0.3, 0.4) is 0 Å². The summed E-state index contributed by atoms with van der Waals surface area (Å²) in [5, 5.41) is 77.7. The van der Waals surface area contributed by atoms with Crippen LogP contribution < -0.4 is 16.1 Å². The second-order valence-electron chi connectivity index (χ2n) is 21.7. The molecule has 82 heavy (non-hydrogen) atoms. The fourth-order valence-corrected chi connectivity index (χ4v) is 10.5. The number of amides is 1. The molecule has 2 aromatic rings. The average Bonchev–Trinajstić information content (AvgIpc) is 3.43. The normalized spacial score (nSPS) is 31.6. The zero-order valence-corrected chi connectivity index (χ0v) is 51.5. The van der Waals surface area contributed by atoms with Gasteiger partial charge >= 0.3 is 11.9 Å². The van der Waals surface area contributed by atoms with E-state index in [1.807, 2.05) is 61.7 Å². The SMILES string of the molecule is CC.CNC.CO.COCO/N=C1/C(C)C(O)[C@](C)(O)COC(=O)C(C)[C@@H](O[C@H]2CC(C)[C@@H](OC)C(C)O2)[C@H](C)C[C@](C)(O)C[C@H]1C.C[C@@H]1CCC(O)[C@H](O)O1.O=CNCCOCCCc1cc2c3c(c1)c(=O)c(C(=O)O)cn3COC2. The van der Waals surface area contributed by atoms with E-state index in [0.29, 0.717) is 76.0 Å². The number of ether oxygens (including phenoxy) is 8. The van der Waals surface area contributed by atoms with E-state index < -0.39 is 77.9 Å². The third-order valence-electron chi connectivity index (χ3n) is 14.2. The first kappa shape index (κ1) is 75.8. The van der Waals surface area contributed by atoms with Crippen LogP contribution in [0, 0.1) is 29.6 Å². The first-order valence-corrected chi connectivity index (χ1v) is 28.4. The smallest absolute Gasteiger partial charge is 0.341 e. The zero-order valence-electron chi connectivity index (χ0n) is 51.5. The van der Waals surface area contributed by atoms with Crippen molar-refractivity contribution in [1.29, 1.82) is 0 Å². The quantitative estimate of drug-likeness (QED) is 0.0398. The number of oxime groups is 1. The van der Waals surface area contributed by atoms with Gasteiger partial charge in [-0.1, -0.05) is 52.8 Å². The summed E-state index contributed by atoms with van der Waals surface area (Å²) < 4.78 is 46.1. The van der Waals surface area contributed by atoms with E-state index >= 15 is 0 Å². The van der Waals surface area contributed by atoms with Crippen LogP contribution in [-0.2, 0) is 72.1 Å². The van der Waals surface area contributed by atoms with Gasteiger partial charge in [0, 0.05) is 69.9 Å². The number of carbonyl (C=O) groups excluding carboxylic acids is 2. The Kier molecular flexibility index (Phi) is 35.7. The lowest BCUT2D eigenvalue weighted by Crippen LogP contribution is -2.52. The van der Waals surface area contributed by atoms with Crippen LogP contribution >= 0.6 is 0 Å². The molecular weight excluding hydrogens is 1070 g/mol. The molecule has 1 amide bonds. The summed E-state index contributed by atoms with van der Waals surface area (Å²) in [5.74, 6) is -3.64. The number of esters is 1. The molecule has 0 bridgehead atoms. The van der Waals surface area contributed by atoms with Crippen molar-refractivity contribution in [2.45, 2.75) is 195 Å². The highest BCUT2D eigenvalue weighted by atomic mass is 16.7. The average molecular weight is 1180 g/mol. The molecular formula is C58H102N4O20. The number of benzene rings is 1. The van der Waals surface area contributed by atoms with Crippen molar-refractivity contribution >= 4 is 35.0 Å². The van der Waals surface area contributed by atoms with Crippen molar-refractivity contribution in [3.63, 3.8) is 0 Å². The number of hydrogen-bond acceptors (Lipinski definition) is 21. The standard InChI is InChI=1S/C29H53NO10.C18H20N2O6.C6H12O3.C2H7N.C2H6.CH4O/c1-16-11-22(39-21(6)25(16)36-10)40-24-18(3)13-28(7,33)12-17(2)23(30-38-15-35-9)19(4)26(31)29(8,34)14-37-27(32)20(24)5;21-10-19-3-5-25-4-1-2-12-6-13-9-26-11-20-8-15(18(23)24)17(22)14(7-12)16(13)20;1-4-2-3-5(7)6(8)9-4;1-3-2;2*1-2/h16-22,24-26,31,33-34H,11-15H2,1-10H3;6-8,10H,1-5,9,11H2,(H,19,21)(H,23,24);4-8H,2-3H2,1H3;3H,1-2H3;1-2H3;2H,1H3/b30-23+;;;;;/t16?,17-,18-,19?,20?,21?,22+,24+,25-,26?,28-,29-;;4-,5?,6-;;;/m1.1.../s1. The highest BCUT2D eigenvalue weighted by Crippen LogP contribution is 2.36. The number of nitrogens with zero attached hydrogens (tertiary/aromatic N) is 2. The van der Waals surface area contributed by atoms with E-state index in [-0.39, 0.29) is 55.2 Å². The lowest BCUT2D eigenvalue weighted by molar-refractivity contribution is -0.264. The Morgan fingerprint density at radius 1 is 0.915 bits per heavy atom. The number of aliphatic hydroxyl groups excluding tert-OH is 4. The van der Waals surface area contributed by atoms with Crippen molar-refractivity contribution < 1.29 is 92.9 Å². The molecule has 1 aromatic heterocycles. The first-order valence-electron chi connectivity index (χ1n) is 28.4. The topological polar surface area (TPSA) is 334 Å². The summed E-state index contributed by atoms with van der Waals surface area (Å²) in [6.45, 7) is 21.8. The minimum absolute atomic E-state index is 0.0642. The van der Waals surface area contributed by atoms with E-state index in [2.05, 4.69) is 22.7 Å². The van der Waals surface area contributed by atoms with Gasteiger partial charge < -0.3 is 93.7 Å². The van der Waals surface area contributed by atoms with Gasteiger partial charge in [0.1, 0.15) is 30.6 Å². The van der Waals surface area contributed by atoms with Gasteiger partial charge in [0.2, 0.25) is 18.6 Å². The molecule has 15 atom stereocenters. The molecule has 24 nitrogen and oxygen atoms in total. The number of carboxylic acids is 1. The van der Waals surface area contributed by atoms with Crippen LogP contribution in [-0.4, -0.2) is 193 Å². The fourth-order valence-electron chi connectivity index (χ4n) is 10.5. The molecule has 0 aliphatic carbocycles. The van der Waals surface area contributed by atoms with Gasteiger partial charge in [-0.15, -0.1) is 0 Å². The number of rotatable bonds is 15. The monoisotopic (exact) mass is 1170 g/mol. The maximum absolute atomic E-state index is 13.3. The van der Waals surface area contributed by atoms with Crippen LogP contribution in [0.1, 0.15) is 136 Å². The minimum atomic E-state index is -1.78. The lowest BCUT2D eigenvalue weighted by atomic mass is 9.76. The maximum Gasteiger partial charge on any atom is 0.341 e. The number of pyridine rings is 1. The third kappa shape index (κ3) is 24.0. The molecule has 4 aliphatic heterocycles. The molecule has 474 valence electrons. The molecule has 3 saturated heterocycles. The van der Waals surface area contributed by atoms with Crippen LogP contribution in [0.25, 0.3) is 10.9 Å². The molecule has 24 heteroatoms. The molecule has 3 fully saturated rings. The maximum atomic E-state index is 13.3. The van der Waals surface area contributed by atoms with Crippen LogP contribution in [0.4, 0.5) is 0 Å². The van der Waals surface area contributed by atoms with Gasteiger partial charge in [-0.05, 0) is 111 Å². The van der Waals surface area contributed by atoms with E-state index in [0.717, 1.165) is 36.6 Å². The van der Waals surface area contributed by atoms with Crippen molar-refractivity contribution in [1.82, 2.24) is 15.2 Å². The molecule has 9 N–H and O–H groups in total. The Morgan fingerprint density at radius 3 is 2.15 bits per heavy atom. The Labute approximate surface area is 485 Å². The van der Waals surface area contributed by atoms with Crippen molar-refractivity contribution in [3.05, 3.63) is 45.2 Å². The minimum Gasteiger partial charge on any atom is -0.477 e. The van der Waals surface area contributed by atoms with E-state index in [4.69, 9.17) is 58.1 Å². The second-order valence-corrected chi connectivity index (χ2v) is 21.7. The molecule has 6 rings (SSSR count). The second kappa shape index (κ2) is 38.6. The molecule has 0 spiro atoms. The predicted octanol–water partition coefficient (Wildman–Crippen LogP) is 4.10. The van der Waals surface area contributed by atoms with Crippen LogP contribution in [0.15, 0.2) is 28.3 Å². The molecule has 1 aromatic carbocycles. The van der Waals surface area contributed by atoms with Crippen molar-refractivity contribution in [2.75, 3.05) is 68.6 Å².